The van der Waals surface area contributed by atoms with E-state index in [-0.39, 0.29) is 46.1 Å². The second-order valence-corrected chi connectivity index (χ2v) is 8.09. The Bertz CT molecular complexity index is 1160. The van der Waals surface area contributed by atoms with E-state index in [1.807, 2.05) is 13.8 Å². The lowest BCUT2D eigenvalue weighted by molar-refractivity contribution is -0.384. The number of benzene rings is 2. The Hall–Kier alpha value is -3.99. The number of amides is 3. The maximum atomic E-state index is 13.0. The SMILES string of the molecule is CCCOc1cc(NC(=O)c2ccc3c(c2)C(=O)N(CCCOC)C3=O)c([N+](=O)[O-])cc1OCCC. The molecule has 11 nitrogen and oxygen atoms in total. The van der Waals surface area contributed by atoms with Crippen molar-refractivity contribution in [1.29, 1.82) is 0 Å². The number of ether oxygens (including phenoxy) is 3. The average molecular weight is 500 g/mol. The zero-order chi connectivity index (χ0) is 26.2. The largest absolute Gasteiger partial charge is 0.490 e. The molecular weight excluding hydrogens is 470 g/mol. The van der Waals surface area contributed by atoms with Gasteiger partial charge in [0.25, 0.3) is 23.4 Å². The molecule has 0 saturated heterocycles. The van der Waals surface area contributed by atoms with E-state index in [0.717, 1.165) is 4.90 Å². The lowest BCUT2D eigenvalue weighted by atomic mass is 10.1. The summed E-state index contributed by atoms with van der Waals surface area (Å²) >= 11 is 0. The molecule has 3 amide bonds. The quantitative estimate of drug-likeness (QED) is 0.189. The van der Waals surface area contributed by atoms with Crippen LogP contribution in [0.3, 0.4) is 0 Å². The number of nitro groups is 1. The van der Waals surface area contributed by atoms with E-state index in [2.05, 4.69) is 5.32 Å². The Morgan fingerprint density at radius 1 is 0.972 bits per heavy atom. The fourth-order valence-electron chi connectivity index (χ4n) is 3.65. The summed E-state index contributed by atoms with van der Waals surface area (Å²) in [4.78, 5) is 50.6. The number of hydrogen-bond acceptors (Lipinski definition) is 8. The van der Waals surface area contributed by atoms with Crippen LogP contribution in [0.1, 0.15) is 64.2 Å². The number of hydrogen-bond donors (Lipinski definition) is 1. The summed E-state index contributed by atoms with van der Waals surface area (Å²) in [5.41, 5.74) is -0.0631. The Morgan fingerprint density at radius 3 is 2.22 bits per heavy atom. The van der Waals surface area contributed by atoms with E-state index >= 15 is 0 Å². The molecule has 36 heavy (non-hydrogen) atoms. The normalized spacial score (nSPS) is 12.5. The number of imide groups is 1. The maximum Gasteiger partial charge on any atom is 0.296 e. The van der Waals surface area contributed by atoms with Crippen LogP contribution in [0.5, 0.6) is 11.5 Å². The highest BCUT2D eigenvalue weighted by Crippen LogP contribution is 2.38. The van der Waals surface area contributed by atoms with Gasteiger partial charge in [0.05, 0.1) is 35.3 Å². The third-order valence-corrected chi connectivity index (χ3v) is 5.39. The number of nitrogens with one attached hydrogen (secondary N) is 1. The molecular formula is C25H29N3O8. The van der Waals surface area contributed by atoms with Gasteiger partial charge in [-0.15, -0.1) is 0 Å². The molecule has 1 heterocycles. The number of nitro benzene ring substituents is 1. The van der Waals surface area contributed by atoms with Gasteiger partial charge in [-0.2, -0.15) is 0 Å². The standard InChI is InChI=1S/C25H29N3O8/c1-4-10-35-21-14-19(20(28(32)33)15-22(21)36-11-5-2)26-23(29)16-7-8-17-18(13-16)25(31)27(24(17)30)9-6-12-34-3/h7-8,13-15H,4-6,9-12H2,1-3H3,(H,26,29). The minimum Gasteiger partial charge on any atom is -0.490 e. The minimum absolute atomic E-state index is 0.0743. The van der Waals surface area contributed by atoms with Gasteiger partial charge >= 0.3 is 0 Å². The molecule has 3 rings (SSSR count). The Kier molecular flexibility index (Phi) is 8.96. The lowest BCUT2D eigenvalue weighted by Crippen LogP contribution is -2.31. The minimum atomic E-state index is -0.678. The summed E-state index contributed by atoms with van der Waals surface area (Å²) in [7, 11) is 1.53. The average Bonchev–Trinajstić information content (AvgIpc) is 3.10. The fraction of sp³-hybridized carbons (Fsp3) is 0.400. The Morgan fingerprint density at radius 2 is 1.61 bits per heavy atom. The van der Waals surface area contributed by atoms with E-state index < -0.39 is 22.6 Å². The van der Waals surface area contributed by atoms with Crippen molar-refractivity contribution in [2.75, 3.05) is 38.8 Å². The molecule has 0 atom stereocenters. The zero-order valence-corrected chi connectivity index (χ0v) is 20.5. The topological polar surface area (TPSA) is 137 Å². The van der Waals surface area contributed by atoms with Crippen LogP contribution in [0, 0.1) is 10.1 Å². The van der Waals surface area contributed by atoms with Crippen molar-refractivity contribution in [3.63, 3.8) is 0 Å². The van der Waals surface area contributed by atoms with Crippen molar-refractivity contribution in [3.05, 3.63) is 57.1 Å². The van der Waals surface area contributed by atoms with Crippen LogP contribution in [0.25, 0.3) is 0 Å². The van der Waals surface area contributed by atoms with Gasteiger partial charge in [-0.3, -0.25) is 29.4 Å². The molecule has 0 aliphatic carbocycles. The van der Waals surface area contributed by atoms with E-state index in [0.29, 0.717) is 39.1 Å². The molecule has 1 N–H and O–H groups in total. The van der Waals surface area contributed by atoms with Crippen LogP contribution in [-0.4, -0.2) is 61.0 Å². The van der Waals surface area contributed by atoms with E-state index in [1.165, 1.54) is 37.4 Å². The number of nitrogens with zero attached hydrogens (tertiary/aromatic N) is 2. The summed E-state index contributed by atoms with van der Waals surface area (Å²) in [5.74, 6) is -1.13. The van der Waals surface area contributed by atoms with Gasteiger partial charge in [0.15, 0.2) is 11.5 Å². The number of anilines is 1. The van der Waals surface area contributed by atoms with Crippen LogP contribution in [0.4, 0.5) is 11.4 Å². The van der Waals surface area contributed by atoms with Crippen molar-refractivity contribution in [2.45, 2.75) is 33.1 Å². The molecule has 1 aliphatic heterocycles. The maximum absolute atomic E-state index is 13.0. The molecule has 1 aliphatic rings. The zero-order valence-electron chi connectivity index (χ0n) is 20.5. The third-order valence-electron chi connectivity index (χ3n) is 5.39. The van der Waals surface area contributed by atoms with E-state index in [9.17, 15) is 24.5 Å². The van der Waals surface area contributed by atoms with Gasteiger partial charge in [-0.05, 0) is 37.5 Å². The predicted molar refractivity (Wildman–Crippen MR) is 131 cm³/mol. The van der Waals surface area contributed by atoms with Crippen molar-refractivity contribution in [3.8, 4) is 11.5 Å². The number of fused-ring (bicyclic) bond motifs is 1. The second-order valence-electron chi connectivity index (χ2n) is 8.09. The van der Waals surface area contributed by atoms with Gasteiger partial charge in [0.1, 0.15) is 5.69 Å². The Balaban J connectivity index is 1.88. The summed E-state index contributed by atoms with van der Waals surface area (Å²) in [6.07, 6.45) is 1.89. The molecule has 0 fully saturated rings. The van der Waals surface area contributed by atoms with Crippen molar-refractivity contribution in [1.82, 2.24) is 4.90 Å². The molecule has 0 aromatic heterocycles. The number of methoxy groups -OCH3 is 1. The predicted octanol–water partition coefficient (Wildman–Crippen LogP) is 4.06. The summed E-state index contributed by atoms with van der Waals surface area (Å²) in [5, 5.41) is 14.3. The molecule has 0 spiro atoms. The third kappa shape index (κ3) is 5.80. The van der Waals surface area contributed by atoms with Gasteiger partial charge in [0.2, 0.25) is 0 Å². The van der Waals surface area contributed by atoms with Crippen LogP contribution in [-0.2, 0) is 4.74 Å². The van der Waals surface area contributed by atoms with E-state index in [1.54, 1.807) is 0 Å². The molecule has 0 radical (unpaired) electrons. The number of carbonyl (C=O) groups is 3. The second kappa shape index (κ2) is 12.1. The van der Waals surface area contributed by atoms with Crippen molar-refractivity contribution < 1.29 is 33.5 Å². The summed E-state index contributed by atoms with van der Waals surface area (Å²) in [6.45, 7) is 5.11. The van der Waals surface area contributed by atoms with Gasteiger partial charge in [0, 0.05) is 31.9 Å². The van der Waals surface area contributed by atoms with Crippen molar-refractivity contribution >= 4 is 29.1 Å². The number of carbonyl (C=O) groups excluding carboxylic acids is 3. The van der Waals surface area contributed by atoms with Crippen LogP contribution in [0.2, 0.25) is 0 Å². The number of rotatable bonds is 13. The molecule has 0 bridgehead atoms. The van der Waals surface area contributed by atoms with E-state index in [4.69, 9.17) is 14.2 Å². The van der Waals surface area contributed by atoms with Crippen LogP contribution in [0.15, 0.2) is 30.3 Å². The first kappa shape index (κ1) is 26.6. The molecule has 192 valence electrons. The first-order chi connectivity index (χ1) is 17.3. The molecule has 0 saturated carbocycles. The fourth-order valence-corrected chi connectivity index (χ4v) is 3.65. The molecule has 2 aromatic rings. The van der Waals surface area contributed by atoms with Gasteiger partial charge in [-0.1, -0.05) is 13.8 Å². The summed E-state index contributed by atoms with van der Waals surface area (Å²) in [6, 6.07) is 6.71. The highest BCUT2D eigenvalue weighted by Gasteiger charge is 2.35. The highest BCUT2D eigenvalue weighted by atomic mass is 16.6. The first-order valence-corrected chi connectivity index (χ1v) is 11.7. The molecule has 11 heteroatoms. The monoisotopic (exact) mass is 499 g/mol. The van der Waals surface area contributed by atoms with Gasteiger partial charge < -0.3 is 19.5 Å². The first-order valence-electron chi connectivity index (χ1n) is 11.7. The summed E-state index contributed by atoms with van der Waals surface area (Å²) < 4.78 is 16.3. The smallest absolute Gasteiger partial charge is 0.296 e. The molecule has 2 aromatic carbocycles. The Labute approximate surface area is 208 Å². The van der Waals surface area contributed by atoms with Crippen LogP contribution >= 0.6 is 0 Å². The molecule has 0 unspecified atom stereocenters. The highest BCUT2D eigenvalue weighted by molar-refractivity contribution is 6.22. The van der Waals surface area contributed by atoms with Gasteiger partial charge in [-0.25, -0.2) is 0 Å². The van der Waals surface area contributed by atoms with Crippen molar-refractivity contribution in [2.24, 2.45) is 0 Å². The lowest BCUT2D eigenvalue weighted by Gasteiger charge is -2.14. The van der Waals surface area contributed by atoms with Crippen LogP contribution < -0.4 is 14.8 Å².